The number of anilines is 1. The van der Waals surface area contributed by atoms with E-state index in [9.17, 15) is 9.59 Å². The van der Waals surface area contributed by atoms with Crippen LogP contribution in [0.25, 0.3) is 6.08 Å². The zero-order valence-corrected chi connectivity index (χ0v) is 17.8. The van der Waals surface area contributed by atoms with E-state index < -0.39 is 6.04 Å². The van der Waals surface area contributed by atoms with Gasteiger partial charge in [-0.2, -0.15) is 0 Å². The van der Waals surface area contributed by atoms with Crippen LogP contribution < -0.4 is 10.1 Å². The van der Waals surface area contributed by atoms with Crippen LogP contribution in [-0.4, -0.2) is 34.3 Å². The molecule has 6 nitrogen and oxygen atoms in total. The van der Waals surface area contributed by atoms with Crippen LogP contribution in [0.5, 0.6) is 5.75 Å². The fraction of sp³-hybridized carbons (Fsp3) is 0.208. The van der Waals surface area contributed by atoms with E-state index in [0.29, 0.717) is 24.7 Å². The zero-order chi connectivity index (χ0) is 21.5. The molecule has 1 fully saturated rings. The number of hydrogen-bond donors (Lipinski definition) is 1. The number of nitrogens with zero attached hydrogens (tertiary/aromatic N) is 2. The molecule has 1 aromatic heterocycles. The predicted molar refractivity (Wildman–Crippen MR) is 122 cm³/mol. The highest BCUT2D eigenvalue weighted by atomic mass is 32.1. The number of thiazole rings is 1. The van der Waals surface area contributed by atoms with Gasteiger partial charge < -0.3 is 15.0 Å². The average Bonchev–Trinajstić information content (AvgIpc) is 3.49. The summed E-state index contributed by atoms with van der Waals surface area (Å²) in [6, 6.07) is 17.1. The highest BCUT2D eigenvalue weighted by Gasteiger charge is 2.33. The maximum atomic E-state index is 12.7. The highest BCUT2D eigenvalue weighted by molar-refractivity contribution is 7.13. The van der Waals surface area contributed by atoms with Crippen LogP contribution >= 0.6 is 11.3 Å². The first-order valence-corrected chi connectivity index (χ1v) is 11.0. The van der Waals surface area contributed by atoms with Gasteiger partial charge in [0.1, 0.15) is 18.4 Å². The summed E-state index contributed by atoms with van der Waals surface area (Å²) < 4.78 is 5.85. The van der Waals surface area contributed by atoms with E-state index in [-0.39, 0.29) is 11.8 Å². The highest BCUT2D eigenvalue weighted by Crippen LogP contribution is 2.21. The molecule has 31 heavy (non-hydrogen) atoms. The minimum atomic E-state index is -0.471. The molecule has 3 aromatic rings. The number of rotatable bonds is 7. The van der Waals surface area contributed by atoms with E-state index in [0.717, 1.165) is 23.3 Å². The van der Waals surface area contributed by atoms with E-state index in [1.165, 1.54) is 17.4 Å². The van der Waals surface area contributed by atoms with Gasteiger partial charge in [0.15, 0.2) is 5.13 Å². The fourth-order valence-electron chi connectivity index (χ4n) is 3.49. The van der Waals surface area contributed by atoms with Gasteiger partial charge in [0.05, 0.1) is 0 Å². The molecule has 1 saturated heterocycles. The lowest BCUT2D eigenvalue weighted by atomic mass is 10.2. The van der Waals surface area contributed by atoms with Gasteiger partial charge in [0.25, 0.3) is 0 Å². The normalized spacial score (nSPS) is 15.9. The van der Waals surface area contributed by atoms with Crippen LogP contribution in [0.2, 0.25) is 0 Å². The van der Waals surface area contributed by atoms with Crippen LogP contribution in [0.15, 0.2) is 72.3 Å². The lowest BCUT2D eigenvalue weighted by molar-refractivity contribution is -0.132. The third-order valence-electron chi connectivity index (χ3n) is 5.03. The Morgan fingerprint density at radius 1 is 1.19 bits per heavy atom. The molecule has 1 N–H and O–H groups in total. The Hall–Kier alpha value is -3.45. The fourth-order valence-corrected chi connectivity index (χ4v) is 4.02. The predicted octanol–water partition coefficient (Wildman–Crippen LogP) is 4.37. The smallest absolute Gasteiger partial charge is 0.248 e. The number of carbonyl (C=O) groups excluding carboxylic acids is 2. The van der Waals surface area contributed by atoms with Crippen molar-refractivity contribution in [2.24, 2.45) is 0 Å². The van der Waals surface area contributed by atoms with Gasteiger partial charge >= 0.3 is 0 Å². The molecule has 0 saturated carbocycles. The van der Waals surface area contributed by atoms with Gasteiger partial charge in [-0.25, -0.2) is 4.98 Å². The van der Waals surface area contributed by atoms with Crippen molar-refractivity contribution in [2.45, 2.75) is 25.5 Å². The molecule has 0 bridgehead atoms. The average molecular weight is 434 g/mol. The Bertz CT molecular complexity index is 1050. The summed E-state index contributed by atoms with van der Waals surface area (Å²) in [5, 5.41) is 5.14. The third kappa shape index (κ3) is 5.58. The Balaban J connectivity index is 1.36. The van der Waals surface area contributed by atoms with E-state index in [4.69, 9.17) is 4.74 Å². The Kier molecular flexibility index (Phi) is 6.74. The van der Waals surface area contributed by atoms with Crippen LogP contribution in [0.1, 0.15) is 24.0 Å². The van der Waals surface area contributed by atoms with Gasteiger partial charge in [-0.3, -0.25) is 9.59 Å². The first-order valence-electron chi connectivity index (χ1n) is 10.1. The van der Waals surface area contributed by atoms with Crippen LogP contribution in [0.4, 0.5) is 5.13 Å². The number of benzene rings is 2. The Morgan fingerprint density at radius 2 is 2.06 bits per heavy atom. The number of carbonyl (C=O) groups is 2. The molecule has 4 rings (SSSR count). The molecule has 2 aromatic carbocycles. The molecule has 2 heterocycles. The molecular weight excluding hydrogens is 410 g/mol. The van der Waals surface area contributed by atoms with Gasteiger partial charge in [0, 0.05) is 24.2 Å². The quantitative estimate of drug-likeness (QED) is 0.562. The molecule has 0 aliphatic carbocycles. The summed E-state index contributed by atoms with van der Waals surface area (Å²) in [6.07, 6.45) is 6.37. The topological polar surface area (TPSA) is 71.5 Å². The number of nitrogens with one attached hydrogen (secondary N) is 1. The van der Waals surface area contributed by atoms with E-state index in [1.54, 1.807) is 22.6 Å². The maximum absolute atomic E-state index is 12.7. The lowest BCUT2D eigenvalue weighted by Crippen LogP contribution is -2.42. The second kappa shape index (κ2) is 10.0. The number of amides is 2. The SMILES string of the molecule is O=C(Nc1nccs1)C1CCCN1C(=O)/C=C/c1cccc(OCc2ccccc2)c1. The molecule has 158 valence electrons. The molecule has 1 aliphatic rings. The first kappa shape index (κ1) is 20.8. The van der Waals surface area contributed by atoms with Crippen molar-refractivity contribution in [1.82, 2.24) is 9.88 Å². The number of aromatic nitrogens is 1. The van der Waals surface area contributed by atoms with Crippen LogP contribution in [0.3, 0.4) is 0 Å². The molecule has 0 spiro atoms. The van der Waals surface area contributed by atoms with Gasteiger partial charge in [-0.15, -0.1) is 11.3 Å². The monoisotopic (exact) mass is 433 g/mol. The molecule has 7 heteroatoms. The maximum Gasteiger partial charge on any atom is 0.248 e. The van der Waals surface area contributed by atoms with Crippen molar-refractivity contribution in [3.63, 3.8) is 0 Å². The molecular formula is C24H23N3O3S. The van der Waals surface area contributed by atoms with Crippen molar-refractivity contribution in [1.29, 1.82) is 0 Å². The van der Waals surface area contributed by atoms with Crippen molar-refractivity contribution >= 4 is 34.4 Å². The number of likely N-dealkylation sites (tertiary alicyclic amines) is 1. The Labute approximate surface area is 185 Å². The van der Waals surface area contributed by atoms with Gasteiger partial charge in [-0.05, 0) is 42.2 Å². The minimum Gasteiger partial charge on any atom is -0.489 e. The lowest BCUT2D eigenvalue weighted by Gasteiger charge is -2.22. The molecule has 1 atom stereocenters. The second-order valence-electron chi connectivity index (χ2n) is 7.20. The van der Waals surface area contributed by atoms with Crippen LogP contribution in [-0.2, 0) is 16.2 Å². The third-order valence-corrected chi connectivity index (χ3v) is 5.71. The minimum absolute atomic E-state index is 0.174. The summed E-state index contributed by atoms with van der Waals surface area (Å²) in [6.45, 7) is 1.05. The van der Waals surface area contributed by atoms with Crippen LogP contribution in [0, 0.1) is 0 Å². The Morgan fingerprint density at radius 3 is 2.87 bits per heavy atom. The standard InChI is InChI=1S/C24H23N3O3S/c28-22(27-14-5-10-21(27)23(29)26-24-25-13-15-31-24)12-11-18-8-4-9-20(16-18)30-17-19-6-2-1-3-7-19/h1-4,6-9,11-13,15-16,21H,5,10,14,17H2,(H,25,26,29)/b12-11+. The van der Waals surface area contributed by atoms with Crippen molar-refractivity contribution < 1.29 is 14.3 Å². The van der Waals surface area contributed by atoms with Crippen molar-refractivity contribution in [2.75, 3.05) is 11.9 Å². The summed E-state index contributed by atoms with van der Waals surface area (Å²) in [5.74, 6) is 0.373. The van der Waals surface area contributed by atoms with E-state index in [1.807, 2.05) is 54.6 Å². The van der Waals surface area contributed by atoms with Crippen molar-refractivity contribution in [3.05, 3.63) is 83.4 Å². The summed E-state index contributed by atoms with van der Waals surface area (Å²) in [4.78, 5) is 31.0. The second-order valence-corrected chi connectivity index (χ2v) is 8.09. The molecule has 1 unspecified atom stereocenters. The van der Waals surface area contributed by atoms with E-state index >= 15 is 0 Å². The summed E-state index contributed by atoms with van der Waals surface area (Å²) in [7, 11) is 0. The van der Waals surface area contributed by atoms with Crippen molar-refractivity contribution in [3.8, 4) is 5.75 Å². The van der Waals surface area contributed by atoms with Gasteiger partial charge in [-0.1, -0.05) is 42.5 Å². The summed E-state index contributed by atoms with van der Waals surface area (Å²) >= 11 is 1.36. The number of hydrogen-bond acceptors (Lipinski definition) is 5. The first-order chi connectivity index (χ1) is 15.2. The number of ether oxygens (including phenoxy) is 1. The zero-order valence-electron chi connectivity index (χ0n) is 16.9. The molecule has 1 aliphatic heterocycles. The summed E-state index contributed by atoms with van der Waals surface area (Å²) in [5.41, 5.74) is 1.96. The van der Waals surface area contributed by atoms with Gasteiger partial charge in [0.2, 0.25) is 11.8 Å². The van der Waals surface area contributed by atoms with E-state index in [2.05, 4.69) is 10.3 Å². The largest absolute Gasteiger partial charge is 0.489 e. The molecule has 0 radical (unpaired) electrons. The molecule has 2 amide bonds.